The molecular formula is C14H17N3. The van der Waals surface area contributed by atoms with E-state index >= 15 is 0 Å². The van der Waals surface area contributed by atoms with Gasteiger partial charge in [0.15, 0.2) is 0 Å². The van der Waals surface area contributed by atoms with Crippen LogP contribution in [0.15, 0.2) is 24.3 Å². The van der Waals surface area contributed by atoms with E-state index in [2.05, 4.69) is 35.1 Å². The summed E-state index contributed by atoms with van der Waals surface area (Å²) in [5, 5.41) is 0. The van der Waals surface area contributed by atoms with Crippen LogP contribution < -0.4 is 0 Å². The number of nitrogens with zero attached hydrogens (tertiary/aromatic N) is 2. The Morgan fingerprint density at radius 2 is 2.18 bits per heavy atom. The molecule has 1 N–H and O–H groups in total. The van der Waals surface area contributed by atoms with Crippen molar-refractivity contribution < 1.29 is 0 Å². The van der Waals surface area contributed by atoms with E-state index in [0.717, 1.165) is 16.9 Å². The van der Waals surface area contributed by atoms with Gasteiger partial charge in [-0.1, -0.05) is 12.1 Å². The standard InChI is InChI=1S/C14H17N3/c1-17-9-14(6-7-14)8-12(17)13-15-10-4-2-3-5-11(10)16-13/h2-5,12H,6-9H2,1H3,(H,15,16)/t12-/m1/s1. The quantitative estimate of drug-likeness (QED) is 0.812. The van der Waals surface area contributed by atoms with Gasteiger partial charge in [0.1, 0.15) is 5.82 Å². The second kappa shape index (κ2) is 3.10. The van der Waals surface area contributed by atoms with Crippen LogP contribution in [0.5, 0.6) is 0 Å². The van der Waals surface area contributed by atoms with Crippen LogP contribution in [0.2, 0.25) is 0 Å². The minimum absolute atomic E-state index is 0.491. The van der Waals surface area contributed by atoms with E-state index in [1.165, 1.54) is 25.8 Å². The number of H-pyrrole nitrogens is 1. The van der Waals surface area contributed by atoms with Crippen LogP contribution in [0.4, 0.5) is 0 Å². The molecule has 3 nitrogen and oxygen atoms in total. The predicted molar refractivity (Wildman–Crippen MR) is 67.7 cm³/mol. The van der Waals surface area contributed by atoms with Gasteiger partial charge in [-0.25, -0.2) is 4.98 Å². The second-order valence-corrected chi connectivity index (χ2v) is 5.77. The molecule has 17 heavy (non-hydrogen) atoms. The number of benzene rings is 1. The van der Waals surface area contributed by atoms with E-state index in [1.807, 2.05) is 6.07 Å². The third kappa shape index (κ3) is 1.42. The molecule has 1 atom stereocenters. The highest BCUT2D eigenvalue weighted by Gasteiger charge is 2.51. The Balaban J connectivity index is 1.74. The minimum Gasteiger partial charge on any atom is -0.341 e. The third-order valence-corrected chi connectivity index (χ3v) is 4.42. The normalized spacial score (nSPS) is 27.0. The molecule has 0 bridgehead atoms. The largest absolute Gasteiger partial charge is 0.341 e. The lowest BCUT2D eigenvalue weighted by Crippen LogP contribution is -2.19. The molecule has 1 saturated heterocycles. The Morgan fingerprint density at radius 3 is 2.88 bits per heavy atom. The first kappa shape index (κ1) is 9.66. The SMILES string of the molecule is CN1CC2(CC2)C[C@@H]1c1nc2ccccc2[nH]1. The zero-order chi connectivity index (χ0) is 11.5. The summed E-state index contributed by atoms with van der Waals surface area (Å²) >= 11 is 0. The average Bonchev–Trinajstić information content (AvgIpc) is 2.82. The number of rotatable bonds is 1. The Labute approximate surface area is 101 Å². The summed E-state index contributed by atoms with van der Waals surface area (Å²) in [6.45, 7) is 1.24. The van der Waals surface area contributed by atoms with Gasteiger partial charge < -0.3 is 4.98 Å². The monoisotopic (exact) mass is 227 g/mol. The number of hydrogen-bond acceptors (Lipinski definition) is 2. The molecule has 2 aliphatic rings. The maximum atomic E-state index is 4.74. The summed E-state index contributed by atoms with van der Waals surface area (Å²) in [6.07, 6.45) is 4.10. The van der Waals surface area contributed by atoms with Crippen molar-refractivity contribution >= 4 is 11.0 Å². The van der Waals surface area contributed by atoms with Gasteiger partial charge in [-0.15, -0.1) is 0 Å². The fourth-order valence-corrected chi connectivity index (χ4v) is 3.24. The Kier molecular flexibility index (Phi) is 1.76. The number of aromatic amines is 1. The molecule has 1 aliphatic heterocycles. The number of para-hydroxylation sites is 2. The molecule has 0 radical (unpaired) electrons. The number of imidazole rings is 1. The highest BCUT2D eigenvalue weighted by Crippen LogP contribution is 2.57. The molecule has 2 fully saturated rings. The molecule has 1 saturated carbocycles. The fourth-order valence-electron chi connectivity index (χ4n) is 3.24. The van der Waals surface area contributed by atoms with Gasteiger partial charge in [0.2, 0.25) is 0 Å². The first-order valence-electron chi connectivity index (χ1n) is 6.41. The van der Waals surface area contributed by atoms with Crippen molar-refractivity contribution in [2.45, 2.75) is 25.3 Å². The van der Waals surface area contributed by atoms with Crippen LogP contribution in [0, 0.1) is 5.41 Å². The number of nitrogens with one attached hydrogen (secondary N) is 1. The maximum absolute atomic E-state index is 4.74. The van der Waals surface area contributed by atoms with E-state index in [1.54, 1.807) is 0 Å². The highest BCUT2D eigenvalue weighted by molar-refractivity contribution is 5.74. The Hall–Kier alpha value is -1.35. The number of fused-ring (bicyclic) bond motifs is 1. The Bertz CT molecular complexity index is 535. The van der Waals surface area contributed by atoms with Crippen molar-refractivity contribution in [3.63, 3.8) is 0 Å². The van der Waals surface area contributed by atoms with E-state index in [9.17, 15) is 0 Å². The van der Waals surface area contributed by atoms with Gasteiger partial charge in [-0.2, -0.15) is 0 Å². The lowest BCUT2D eigenvalue weighted by molar-refractivity contribution is 0.303. The third-order valence-electron chi connectivity index (χ3n) is 4.42. The maximum Gasteiger partial charge on any atom is 0.124 e. The predicted octanol–water partition coefficient (Wildman–Crippen LogP) is 2.72. The van der Waals surface area contributed by atoms with Crippen molar-refractivity contribution in [3.8, 4) is 0 Å². The first-order valence-corrected chi connectivity index (χ1v) is 6.41. The van der Waals surface area contributed by atoms with Gasteiger partial charge in [0.25, 0.3) is 0 Å². The van der Waals surface area contributed by atoms with E-state index in [0.29, 0.717) is 11.5 Å². The molecule has 2 heterocycles. The minimum atomic E-state index is 0.491. The zero-order valence-electron chi connectivity index (χ0n) is 10.1. The number of likely N-dealkylation sites (tertiary alicyclic amines) is 1. The van der Waals surface area contributed by atoms with Gasteiger partial charge in [0, 0.05) is 6.54 Å². The van der Waals surface area contributed by atoms with Crippen LogP contribution in [-0.4, -0.2) is 28.5 Å². The van der Waals surface area contributed by atoms with Crippen molar-refractivity contribution in [1.29, 1.82) is 0 Å². The number of aromatic nitrogens is 2. The molecule has 88 valence electrons. The average molecular weight is 227 g/mol. The Morgan fingerprint density at radius 1 is 1.35 bits per heavy atom. The highest BCUT2D eigenvalue weighted by atomic mass is 15.2. The molecular weight excluding hydrogens is 210 g/mol. The molecule has 0 unspecified atom stereocenters. The topological polar surface area (TPSA) is 31.9 Å². The van der Waals surface area contributed by atoms with Crippen molar-refractivity contribution in [1.82, 2.24) is 14.9 Å². The van der Waals surface area contributed by atoms with Gasteiger partial charge in [-0.3, -0.25) is 4.90 Å². The van der Waals surface area contributed by atoms with Crippen molar-refractivity contribution in [3.05, 3.63) is 30.1 Å². The van der Waals surface area contributed by atoms with Crippen LogP contribution in [0.25, 0.3) is 11.0 Å². The summed E-state index contributed by atoms with van der Waals surface area (Å²) in [7, 11) is 2.23. The van der Waals surface area contributed by atoms with Crippen LogP contribution in [0.3, 0.4) is 0 Å². The summed E-state index contributed by atoms with van der Waals surface area (Å²) < 4.78 is 0. The van der Waals surface area contributed by atoms with Gasteiger partial charge in [-0.05, 0) is 43.9 Å². The second-order valence-electron chi connectivity index (χ2n) is 5.77. The number of hydrogen-bond donors (Lipinski definition) is 1. The lowest BCUT2D eigenvalue weighted by atomic mass is 10.0. The van der Waals surface area contributed by atoms with Crippen LogP contribution >= 0.6 is 0 Å². The summed E-state index contributed by atoms with van der Waals surface area (Å²) in [6, 6.07) is 8.79. The molecule has 1 aromatic carbocycles. The summed E-state index contributed by atoms with van der Waals surface area (Å²) in [4.78, 5) is 10.7. The van der Waals surface area contributed by atoms with Crippen molar-refractivity contribution in [2.24, 2.45) is 5.41 Å². The molecule has 4 rings (SSSR count). The van der Waals surface area contributed by atoms with E-state index < -0.39 is 0 Å². The smallest absolute Gasteiger partial charge is 0.124 e. The molecule has 1 spiro atoms. The lowest BCUT2D eigenvalue weighted by Gasteiger charge is -2.16. The molecule has 1 aliphatic carbocycles. The molecule has 2 aromatic rings. The van der Waals surface area contributed by atoms with Crippen LogP contribution in [0.1, 0.15) is 31.1 Å². The molecule has 0 amide bonds. The van der Waals surface area contributed by atoms with E-state index in [4.69, 9.17) is 4.98 Å². The van der Waals surface area contributed by atoms with Crippen LogP contribution in [-0.2, 0) is 0 Å². The van der Waals surface area contributed by atoms with Gasteiger partial charge in [0.05, 0.1) is 17.1 Å². The van der Waals surface area contributed by atoms with Crippen molar-refractivity contribution in [2.75, 3.05) is 13.6 Å². The summed E-state index contributed by atoms with van der Waals surface area (Å²) in [5.74, 6) is 1.15. The zero-order valence-corrected chi connectivity index (χ0v) is 10.1. The van der Waals surface area contributed by atoms with E-state index in [-0.39, 0.29) is 0 Å². The molecule has 1 aromatic heterocycles. The first-order chi connectivity index (χ1) is 8.26. The van der Waals surface area contributed by atoms with Gasteiger partial charge >= 0.3 is 0 Å². The summed E-state index contributed by atoms with van der Waals surface area (Å²) in [5.41, 5.74) is 2.89. The molecule has 3 heteroatoms. The fraction of sp³-hybridized carbons (Fsp3) is 0.500.